The third-order valence-electron chi connectivity index (χ3n) is 7.21. The van der Waals surface area contributed by atoms with E-state index < -0.39 is 11.7 Å². The smallest absolute Gasteiger partial charge is 0.251 e. The molecule has 3 N–H and O–H groups in total. The molecule has 0 bridgehead atoms. The van der Waals surface area contributed by atoms with Crippen LogP contribution in [0.15, 0.2) is 18.3 Å². The van der Waals surface area contributed by atoms with Gasteiger partial charge in [-0.05, 0) is 38.4 Å². The van der Waals surface area contributed by atoms with Gasteiger partial charge in [0.1, 0.15) is 11.3 Å². The van der Waals surface area contributed by atoms with E-state index in [4.69, 9.17) is 12.3 Å². The summed E-state index contributed by atoms with van der Waals surface area (Å²) < 4.78 is 15.7. The molecule has 1 aliphatic heterocycles. The average molecular weight is 408 g/mol. The Morgan fingerprint density at radius 3 is 2.67 bits per heavy atom. The maximum absolute atomic E-state index is 14.0. The van der Waals surface area contributed by atoms with Crippen molar-refractivity contribution in [1.82, 2.24) is 19.5 Å². The number of carbonyl (C=O) groups is 1. The molecule has 156 valence electrons. The van der Waals surface area contributed by atoms with Crippen LogP contribution in [0.25, 0.3) is 21.5 Å². The minimum Gasteiger partial charge on any atom is -0.366 e. The molecule has 1 amide bonds. The normalized spacial score (nSPS) is 20.8. The quantitative estimate of drug-likeness (QED) is 0.650. The molecule has 5 rings (SSSR count). The van der Waals surface area contributed by atoms with E-state index in [2.05, 4.69) is 26.8 Å². The number of imidazole rings is 1. The number of nitrogens with one attached hydrogen (secondary N) is 1. The van der Waals surface area contributed by atoms with E-state index in [1.54, 1.807) is 4.52 Å². The molecule has 1 aromatic carbocycles. The molecule has 0 atom stereocenters. The first-order valence-corrected chi connectivity index (χ1v) is 10.4. The fraction of sp³-hybridized carbons (Fsp3) is 0.500. The number of fused-ring (bicyclic) bond motifs is 3. The first-order valence-electron chi connectivity index (χ1n) is 10.4. The Hall–Kier alpha value is -2.92. The fourth-order valence-electron chi connectivity index (χ4n) is 5.09. The van der Waals surface area contributed by atoms with E-state index in [9.17, 15) is 9.18 Å². The summed E-state index contributed by atoms with van der Waals surface area (Å²) in [6.07, 6.45) is 7.04. The lowest BCUT2D eigenvalue weighted by Crippen LogP contribution is -2.50. The maximum atomic E-state index is 14.0. The number of hydrogen-bond acceptors (Lipinski definition) is 3. The van der Waals surface area contributed by atoms with Gasteiger partial charge in [-0.3, -0.25) is 14.8 Å². The molecule has 3 heterocycles. The molecule has 1 saturated carbocycles. The number of halogens is 1. The average Bonchev–Trinajstić information content (AvgIpc) is 3.24. The number of nitrogens with two attached hydrogens (primary N) is 1. The second kappa shape index (κ2) is 6.54. The molecule has 0 spiro atoms. The van der Waals surface area contributed by atoms with Crippen molar-refractivity contribution in [3.63, 3.8) is 0 Å². The molecule has 8 heteroatoms. The highest BCUT2D eigenvalue weighted by Crippen LogP contribution is 2.41. The number of benzene rings is 1. The molecule has 2 aliphatic rings. The van der Waals surface area contributed by atoms with Crippen molar-refractivity contribution in [2.75, 3.05) is 19.6 Å². The van der Waals surface area contributed by atoms with Crippen LogP contribution in [0.2, 0.25) is 0 Å². The van der Waals surface area contributed by atoms with Crippen LogP contribution >= 0.6 is 0 Å². The molecule has 7 nitrogen and oxygen atoms in total. The van der Waals surface area contributed by atoms with Crippen molar-refractivity contribution in [3.05, 3.63) is 46.7 Å². The van der Waals surface area contributed by atoms with Crippen molar-refractivity contribution in [1.29, 1.82) is 0 Å². The Balaban J connectivity index is 1.46. The van der Waals surface area contributed by atoms with Crippen molar-refractivity contribution in [2.45, 2.75) is 50.0 Å². The molecule has 1 saturated heterocycles. The van der Waals surface area contributed by atoms with Gasteiger partial charge in [0.2, 0.25) is 5.54 Å². The number of piperidine rings is 1. The van der Waals surface area contributed by atoms with Gasteiger partial charge in [0, 0.05) is 36.1 Å². The summed E-state index contributed by atoms with van der Waals surface area (Å²) in [4.78, 5) is 22.8. The first-order chi connectivity index (χ1) is 14.3. The number of likely N-dealkylation sites (tertiary alicyclic amines) is 1. The second-order valence-corrected chi connectivity index (χ2v) is 9.17. The Morgan fingerprint density at radius 2 is 2.07 bits per heavy atom. The predicted molar refractivity (Wildman–Crippen MR) is 112 cm³/mol. The third kappa shape index (κ3) is 2.80. The summed E-state index contributed by atoms with van der Waals surface area (Å²) in [5.74, 6) is -1.20. The van der Waals surface area contributed by atoms with Crippen molar-refractivity contribution < 1.29 is 9.18 Å². The van der Waals surface area contributed by atoms with Crippen LogP contribution in [0.5, 0.6) is 0 Å². The minimum absolute atomic E-state index is 0.0879. The number of aromatic nitrogens is 3. The number of primary amides is 1. The SMILES string of the molecule is [C-]#[N+]C1(CN2CCC(C)(c3c[nH]n4c3nc3cc(F)cc(C(N)=O)c34)CC2)CCC1. The van der Waals surface area contributed by atoms with Gasteiger partial charge in [0.25, 0.3) is 5.91 Å². The Bertz CT molecular complexity index is 1190. The van der Waals surface area contributed by atoms with Crippen LogP contribution in [0.1, 0.15) is 54.9 Å². The Kier molecular flexibility index (Phi) is 4.16. The zero-order chi connectivity index (χ0) is 21.1. The van der Waals surface area contributed by atoms with Gasteiger partial charge >= 0.3 is 0 Å². The number of H-pyrrole nitrogens is 1. The number of hydrogen-bond donors (Lipinski definition) is 2. The van der Waals surface area contributed by atoms with Gasteiger partial charge < -0.3 is 10.6 Å². The predicted octanol–water partition coefficient (Wildman–Crippen LogP) is 3.25. The number of amides is 1. The summed E-state index contributed by atoms with van der Waals surface area (Å²) in [5.41, 5.74) is 8.06. The lowest BCUT2D eigenvalue weighted by Gasteiger charge is -2.42. The van der Waals surface area contributed by atoms with Gasteiger partial charge in [-0.15, -0.1) is 0 Å². The first kappa shape index (κ1) is 19.1. The molecule has 0 radical (unpaired) electrons. The van der Waals surface area contributed by atoms with E-state index in [1.807, 2.05) is 6.20 Å². The molecule has 0 unspecified atom stereocenters. The molecular formula is C22H25FN6O. The molecule has 3 aromatic rings. The van der Waals surface area contributed by atoms with Crippen molar-refractivity contribution in [3.8, 4) is 0 Å². The number of carbonyl (C=O) groups excluding carboxylic acids is 1. The zero-order valence-electron chi connectivity index (χ0n) is 17.0. The van der Waals surface area contributed by atoms with Crippen molar-refractivity contribution >= 4 is 22.6 Å². The van der Waals surface area contributed by atoms with E-state index in [1.165, 1.54) is 6.07 Å². The summed E-state index contributed by atoms with van der Waals surface area (Å²) in [5, 5.41) is 3.20. The van der Waals surface area contributed by atoms with Gasteiger partial charge in [0.05, 0.1) is 17.6 Å². The Labute approximate surface area is 173 Å². The minimum atomic E-state index is -0.679. The largest absolute Gasteiger partial charge is 0.366 e. The molecule has 1 aliphatic carbocycles. The fourth-order valence-corrected chi connectivity index (χ4v) is 5.09. The van der Waals surface area contributed by atoms with Crippen LogP contribution in [0.3, 0.4) is 0 Å². The summed E-state index contributed by atoms with van der Waals surface area (Å²) in [7, 11) is 0. The lowest BCUT2D eigenvalue weighted by molar-refractivity contribution is 0.100. The van der Waals surface area contributed by atoms with Crippen LogP contribution in [-0.4, -0.2) is 50.6 Å². The molecule has 2 fully saturated rings. The maximum Gasteiger partial charge on any atom is 0.251 e. The van der Waals surface area contributed by atoms with Gasteiger partial charge in [-0.25, -0.2) is 20.5 Å². The van der Waals surface area contributed by atoms with Gasteiger partial charge in [-0.1, -0.05) is 6.92 Å². The lowest BCUT2D eigenvalue weighted by atomic mass is 9.73. The monoisotopic (exact) mass is 408 g/mol. The third-order valence-corrected chi connectivity index (χ3v) is 7.21. The number of aromatic amines is 1. The highest BCUT2D eigenvalue weighted by molar-refractivity contribution is 6.05. The van der Waals surface area contributed by atoms with Crippen LogP contribution in [0, 0.1) is 12.4 Å². The molecular weight excluding hydrogens is 383 g/mol. The topological polar surface area (TPSA) is 83.8 Å². The molecule has 2 aromatic heterocycles. The number of nitrogens with zero attached hydrogens (tertiary/aromatic N) is 4. The summed E-state index contributed by atoms with van der Waals surface area (Å²) >= 11 is 0. The van der Waals surface area contributed by atoms with Gasteiger partial charge in [0.15, 0.2) is 5.65 Å². The van der Waals surface area contributed by atoms with Crippen molar-refractivity contribution in [2.24, 2.45) is 5.73 Å². The molecule has 30 heavy (non-hydrogen) atoms. The van der Waals surface area contributed by atoms with Crippen LogP contribution in [0.4, 0.5) is 4.39 Å². The Morgan fingerprint density at radius 1 is 1.33 bits per heavy atom. The van der Waals surface area contributed by atoms with Gasteiger partial charge in [-0.2, -0.15) is 0 Å². The number of rotatable bonds is 4. The summed E-state index contributed by atoms with van der Waals surface area (Å²) in [6.45, 7) is 12.5. The highest BCUT2D eigenvalue weighted by atomic mass is 19.1. The second-order valence-electron chi connectivity index (χ2n) is 9.17. The van der Waals surface area contributed by atoms with E-state index >= 15 is 0 Å². The highest BCUT2D eigenvalue weighted by Gasteiger charge is 2.46. The van der Waals surface area contributed by atoms with E-state index in [0.29, 0.717) is 16.7 Å². The van der Waals surface area contributed by atoms with E-state index in [-0.39, 0.29) is 16.5 Å². The summed E-state index contributed by atoms with van der Waals surface area (Å²) in [6, 6.07) is 2.49. The zero-order valence-corrected chi connectivity index (χ0v) is 17.0. The standard InChI is InChI=1S/C22H25FN6O/c1-21(6-8-28(9-7-21)13-22(25-2)4-3-5-22)16-12-26-29-18-15(19(24)30)10-14(23)11-17(18)27-20(16)29/h10-12,26H,3-9,13H2,1H3,(H2,24,30). The van der Waals surface area contributed by atoms with E-state index in [0.717, 1.165) is 63.4 Å². The van der Waals surface area contributed by atoms with Crippen LogP contribution in [-0.2, 0) is 5.41 Å². The van der Waals surface area contributed by atoms with Crippen LogP contribution < -0.4 is 5.73 Å².